The molecule has 1 N–H and O–H groups in total. The van der Waals surface area contributed by atoms with E-state index < -0.39 is 15.4 Å². The number of carbonyl (C=O) groups excluding carboxylic acids is 1. The SMILES string of the molecule is CC[C@H]1CCCN1S(=O)(=O)c1ccc(-c2cccc(NC(=O)C3(c4ccc(OC)c(Cl)c4)CC3)n2)cc1. The number of nitrogens with zero attached hydrogens (tertiary/aromatic N) is 2. The van der Waals surface area contributed by atoms with E-state index in [0.29, 0.717) is 28.8 Å². The number of pyridine rings is 1. The fourth-order valence-electron chi connectivity index (χ4n) is 5.10. The van der Waals surface area contributed by atoms with E-state index in [1.165, 1.54) is 0 Å². The Bertz CT molecular complexity index is 1420. The molecule has 1 aromatic heterocycles. The van der Waals surface area contributed by atoms with E-state index in [9.17, 15) is 13.2 Å². The van der Waals surface area contributed by atoms with Crippen LogP contribution in [0.1, 0.15) is 44.6 Å². The number of carbonyl (C=O) groups is 1. The van der Waals surface area contributed by atoms with Gasteiger partial charge in [-0.2, -0.15) is 4.31 Å². The van der Waals surface area contributed by atoms with Crippen LogP contribution >= 0.6 is 11.6 Å². The standard InChI is InChI=1S/C28H30ClN3O4S/c1-3-21-6-5-17-32(21)37(34,35)22-12-9-19(10-13-22)24-7-4-8-26(30-24)31-27(33)28(15-16-28)20-11-14-25(36-2)23(29)18-20/h4,7-14,18,21H,3,5-6,15-17H2,1-2H3,(H,30,31,33)/t21-/m0/s1. The Morgan fingerprint density at radius 3 is 2.57 bits per heavy atom. The summed E-state index contributed by atoms with van der Waals surface area (Å²) >= 11 is 6.30. The predicted molar refractivity (Wildman–Crippen MR) is 144 cm³/mol. The van der Waals surface area contributed by atoms with Crippen LogP contribution < -0.4 is 10.1 Å². The van der Waals surface area contributed by atoms with Crippen molar-refractivity contribution in [2.24, 2.45) is 0 Å². The van der Waals surface area contributed by atoms with Gasteiger partial charge in [0.25, 0.3) is 0 Å². The highest BCUT2D eigenvalue weighted by atomic mass is 35.5. The van der Waals surface area contributed by atoms with Crippen LogP contribution in [-0.2, 0) is 20.2 Å². The summed E-state index contributed by atoms with van der Waals surface area (Å²) in [4.78, 5) is 18.2. The largest absolute Gasteiger partial charge is 0.495 e. The number of benzene rings is 2. The molecule has 2 aromatic carbocycles. The second-order valence-corrected chi connectivity index (χ2v) is 11.9. The highest BCUT2D eigenvalue weighted by Crippen LogP contribution is 2.50. The number of hydrogen-bond donors (Lipinski definition) is 1. The number of rotatable bonds is 8. The summed E-state index contributed by atoms with van der Waals surface area (Å²) in [5, 5.41) is 3.43. The first-order valence-corrected chi connectivity index (χ1v) is 14.3. The zero-order chi connectivity index (χ0) is 26.2. The quantitative estimate of drug-likeness (QED) is 0.400. The Labute approximate surface area is 222 Å². The van der Waals surface area contributed by atoms with Crippen LogP contribution in [-0.4, -0.2) is 43.3 Å². The van der Waals surface area contributed by atoms with Gasteiger partial charge in [-0.15, -0.1) is 0 Å². The predicted octanol–water partition coefficient (Wildman–Crippen LogP) is 5.64. The maximum Gasteiger partial charge on any atom is 0.243 e. The van der Waals surface area contributed by atoms with E-state index in [-0.39, 0.29) is 16.8 Å². The minimum atomic E-state index is -3.53. The molecule has 1 saturated heterocycles. The number of amides is 1. The second kappa shape index (κ2) is 10.1. The number of aromatic nitrogens is 1. The molecule has 194 valence electrons. The van der Waals surface area contributed by atoms with Gasteiger partial charge in [0.2, 0.25) is 15.9 Å². The van der Waals surface area contributed by atoms with Crippen molar-refractivity contribution in [3.63, 3.8) is 0 Å². The lowest BCUT2D eigenvalue weighted by molar-refractivity contribution is -0.118. The smallest absolute Gasteiger partial charge is 0.243 e. The zero-order valence-electron chi connectivity index (χ0n) is 20.9. The lowest BCUT2D eigenvalue weighted by Crippen LogP contribution is -2.35. The molecular formula is C28H30ClN3O4S. The van der Waals surface area contributed by atoms with E-state index in [1.54, 1.807) is 53.9 Å². The van der Waals surface area contributed by atoms with Crippen LogP contribution in [0.5, 0.6) is 5.75 Å². The molecule has 37 heavy (non-hydrogen) atoms. The van der Waals surface area contributed by atoms with Crippen LogP contribution in [0.25, 0.3) is 11.3 Å². The van der Waals surface area contributed by atoms with Crippen molar-refractivity contribution in [2.75, 3.05) is 19.0 Å². The molecule has 2 fully saturated rings. The third-order valence-corrected chi connectivity index (χ3v) is 9.69. The lowest BCUT2D eigenvalue weighted by atomic mass is 9.95. The summed E-state index contributed by atoms with van der Waals surface area (Å²) in [6.45, 7) is 2.59. The number of methoxy groups -OCH3 is 1. The van der Waals surface area contributed by atoms with Gasteiger partial charge in [-0.3, -0.25) is 4.79 Å². The van der Waals surface area contributed by atoms with Crippen LogP contribution in [0.3, 0.4) is 0 Å². The lowest BCUT2D eigenvalue weighted by Gasteiger charge is -2.23. The molecule has 5 rings (SSSR count). The molecule has 1 aliphatic heterocycles. The monoisotopic (exact) mass is 539 g/mol. The van der Waals surface area contributed by atoms with Crippen LogP contribution in [0, 0.1) is 0 Å². The summed E-state index contributed by atoms with van der Waals surface area (Å²) in [5.74, 6) is 0.879. The number of anilines is 1. The number of halogens is 1. The molecule has 0 unspecified atom stereocenters. The van der Waals surface area contributed by atoms with Gasteiger partial charge in [0.05, 0.1) is 28.1 Å². The summed E-state index contributed by atoms with van der Waals surface area (Å²) in [7, 11) is -1.97. The van der Waals surface area contributed by atoms with E-state index in [0.717, 1.165) is 43.2 Å². The van der Waals surface area contributed by atoms with Crippen molar-refractivity contribution in [2.45, 2.75) is 55.4 Å². The topological polar surface area (TPSA) is 88.6 Å². The van der Waals surface area contributed by atoms with Gasteiger partial charge in [0.1, 0.15) is 11.6 Å². The molecule has 2 heterocycles. The molecule has 1 saturated carbocycles. The molecule has 0 bridgehead atoms. The summed E-state index contributed by atoms with van der Waals surface area (Å²) in [5.41, 5.74) is 1.64. The average molecular weight is 540 g/mol. The molecular weight excluding hydrogens is 510 g/mol. The van der Waals surface area contributed by atoms with Crippen LogP contribution in [0.2, 0.25) is 5.02 Å². The third kappa shape index (κ3) is 4.85. The minimum absolute atomic E-state index is 0.0651. The maximum absolute atomic E-state index is 13.2. The number of nitrogens with one attached hydrogen (secondary N) is 1. The first kappa shape index (κ1) is 25.7. The number of sulfonamides is 1. The Kier molecular flexibility index (Phi) is 7.00. The molecule has 2 aliphatic rings. The van der Waals surface area contributed by atoms with Gasteiger partial charge in [-0.1, -0.05) is 42.8 Å². The van der Waals surface area contributed by atoms with E-state index in [4.69, 9.17) is 16.3 Å². The highest BCUT2D eigenvalue weighted by Gasteiger charge is 2.51. The Morgan fingerprint density at radius 1 is 1.16 bits per heavy atom. The van der Waals surface area contributed by atoms with Crippen LogP contribution in [0.4, 0.5) is 5.82 Å². The fourth-order valence-corrected chi connectivity index (χ4v) is 7.13. The van der Waals surface area contributed by atoms with E-state index >= 15 is 0 Å². The second-order valence-electron chi connectivity index (χ2n) is 9.64. The van der Waals surface area contributed by atoms with Crippen molar-refractivity contribution in [1.29, 1.82) is 0 Å². The van der Waals surface area contributed by atoms with Crippen molar-refractivity contribution in [3.8, 4) is 17.0 Å². The normalized spacial score (nSPS) is 18.9. The van der Waals surface area contributed by atoms with Crippen molar-refractivity contribution < 1.29 is 17.9 Å². The molecule has 1 atom stereocenters. The zero-order valence-corrected chi connectivity index (χ0v) is 22.5. The van der Waals surface area contributed by atoms with Crippen molar-refractivity contribution in [3.05, 3.63) is 71.2 Å². The fraction of sp³-hybridized carbons (Fsp3) is 0.357. The maximum atomic E-state index is 13.2. The van der Waals surface area contributed by atoms with Gasteiger partial charge < -0.3 is 10.1 Å². The molecule has 3 aromatic rings. The first-order chi connectivity index (χ1) is 17.8. The number of ether oxygens (including phenoxy) is 1. The summed E-state index contributed by atoms with van der Waals surface area (Å²) < 4.78 is 33.1. The van der Waals surface area contributed by atoms with Crippen LogP contribution in [0.15, 0.2) is 65.6 Å². The Hall–Kier alpha value is -2.94. The summed E-state index contributed by atoms with van der Waals surface area (Å²) in [6, 6.07) is 17.7. The highest BCUT2D eigenvalue weighted by molar-refractivity contribution is 7.89. The summed E-state index contributed by atoms with van der Waals surface area (Å²) in [6.07, 6.45) is 4.07. The van der Waals surface area contributed by atoms with Crippen molar-refractivity contribution >= 4 is 33.3 Å². The van der Waals surface area contributed by atoms with Gasteiger partial charge in [-0.05, 0) is 74.1 Å². The van der Waals surface area contributed by atoms with Crippen molar-refractivity contribution in [1.82, 2.24) is 9.29 Å². The molecule has 1 amide bonds. The van der Waals surface area contributed by atoms with E-state index in [2.05, 4.69) is 10.3 Å². The molecule has 7 nitrogen and oxygen atoms in total. The first-order valence-electron chi connectivity index (χ1n) is 12.5. The third-order valence-electron chi connectivity index (χ3n) is 7.43. The van der Waals surface area contributed by atoms with Gasteiger partial charge >= 0.3 is 0 Å². The molecule has 1 aliphatic carbocycles. The van der Waals surface area contributed by atoms with E-state index in [1.807, 2.05) is 25.1 Å². The van der Waals surface area contributed by atoms with Gasteiger partial charge in [0, 0.05) is 18.2 Å². The Morgan fingerprint density at radius 2 is 1.92 bits per heavy atom. The molecule has 9 heteroatoms. The Balaban J connectivity index is 1.33. The van der Waals surface area contributed by atoms with Gasteiger partial charge in [0.15, 0.2) is 0 Å². The minimum Gasteiger partial charge on any atom is -0.495 e. The average Bonchev–Trinajstić information content (AvgIpc) is 3.58. The van der Waals surface area contributed by atoms with Gasteiger partial charge in [-0.25, -0.2) is 13.4 Å². The number of hydrogen-bond acceptors (Lipinski definition) is 5. The molecule has 0 radical (unpaired) electrons. The molecule has 0 spiro atoms.